The average Bonchev–Trinajstić information content (AvgIpc) is 3.24. The van der Waals surface area contributed by atoms with Crippen molar-refractivity contribution in [3.05, 3.63) is 53.1 Å². The number of hydrogen-bond acceptors (Lipinski definition) is 5. The molecular weight excluding hydrogens is 384 g/mol. The van der Waals surface area contributed by atoms with Crippen LogP contribution < -0.4 is 14.8 Å². The number of anilines is 1. The molecule has 1 atom stereocenters. The fourth-order valence-corrected chi connectivity index (χ4v) is 3.75. The van der Waals surface area contributed by atoms with Crippen molar-refractivity contribution in [2.45, 2.75) is 45.8 Å². The third-order valence-corrected chi connectivity index (χ3v) is 5.26. The Bertz CT molecular complexity index is 983. The predicted octanol–water partition coefficient (Wildman–Crippen LogP) is 3.31. The van der Waals surface area contributed by atoms with Crippen LogP contribution in [0.4, 0.5) is 5.69 Å². The fraction of sp³-hybridized carbons (Fsp3) is 0.348. The Morgan fingerprint density at radius 1 is 1.17 bits per heavy atom. The van der Waals surface area contributed by atoms with Gasteiger partial charge in [0.15, 0.2) is 0 Å². The van der Waals surface area contributed by atoms with E-state index in [-0.39, 0.29) is 43.2 Å². The first-order chi connectivity index (χ1) is 14.4. The summed E-state index contributed by atoms with van der Waals surface area (Å²) in [6.45, 7) is 4.62. The number of imide groups is 1. The Morgan fingerprint density at radius 2 is 1.87 bits per heavy atom. The summed E-state index contributed by atoms with van der Waals surface area (Å²) in [5.41, 5.74) is 2.89. The highest BCUT2D eigenvalue weighted by Gasteiger charge is 2.28. The summed E-state index contributed by atoms with van der Waals surface area (Å²) in [6.07, 6.45) is 1.45. The van der Waals surface area contributed by atoms with Crippen LogP contribution in [-0.2, 0) is 22.6 Å². The number of nitrogens with zero attached hydrogens (tertiary/aromatic N) is 1. The van der Waals surface area contributed by atoms with Crippen molar-refractivity contribution in [3.63, 3.8) is 0 Å². The zero-order chi connectivity index (χ0) is 21.3. The average molecular weight is 408 g/mol. The maximum atomic E-state index is 12.8. The summed E-state index contributed by atoms with van der Waals surface area (Å²) >= 11 is 0. The minimum atomic E-state index is -0.276. The first-order valence-corrected chi connectivity index (χ1v) is 10.1. The van der Waals surface area contributed by atoms with E-state index < -0.39 is 0 Å². The second-order valence-corrected chi connectivity index (χ2v) is 7.55. The van der Waals surface area contributed by atoms with Crippen LogP contribution in [0.2, 0.25) is 0 Å². The lowest BCUT2D eigenvalue weighted by Crippen LogP contribution is -2.28. The molecule has 156 valence electrons. The van der Waals surface area contributed by atoms with Gasteiger partial charge in [0.05, 0.1) is 18.8 Å². The molecule has 7 nitrogen and oxygen atoms in total. The van der Waals surface area contributed by atoms with Crippen LogP contribution >= 0.6 is 0 Å². The van der Waals surface area contributed by atoms with Gasteiger partial charge in [0.2, 0.25) is 11.8 Å². The van der Waals surface area contributed by atoms with Gasteiger partial charge in [-0.05, 0) is 37.6 Å². The highest BCUT2D eigenvalue weighted by atomic mass is 16.5. The van der Waals surface area contributed by atoms with E-state index in [1.807, 2.05) is 19.9 Å². The first-order valence-electron chi connectivity index (χ1n) is 10.1. The lowest BCUT2D eigenvalue weighted by Gasteiger charge is -2.15. The quantitative estimate of drug-likeness (QED) is 0.742. The highest BCUT2D eigenvalue weighted by Crippen LogP contribution is 2.38. The Kier molecular flexibility index (Phi) is 5.44. The topological polar surface area (TPSA) is 84.9 Å². The lowest BCUT2D eigenvalue weighted by atomic mass is 10.1. The van der Waals surface area contributed by atoms with Gasteiger partial charge in [-0.25, -0.2) is 0 Å². The second-order valence-electron chi connectivity index (χ2n) is 7.55. The lowest BCUT2D eigenvalue weighted by molar-refractivity contribution is -0.139. The normalized spacial score (nSPS) is 17.7. The van der Waals surface area contributed by atoms with Gasteiger partial charge < -0.3 is 14.8 Å². The van der Waals surface area contributed by atoms with Crippen LogP contribution in [0.3, 0.4) is 0 Å². The van der Waals surface area contributed by atoms with E-state index in [0.29, 0.717) is 23.6 Å². The van der Waals surface area contributed by atoms with E-state index >= 15 is 0 Å². The van der Waals surface area contributed by atoms with E-state index in [0.717, 1.165) is 23.3 Å². The van der Waals surface area contributed by atoms with E-state index in [4.69, 9.17) is 9.47 Å². The molecule has 0 saturated carbocycles. The molecule has 0 spiro atoms. The molecule has 2 aromatic rings. The van der Waals surface area contributed by atoms with E-state index in [2.05, 4.69) is 5.32 Å². The van der Waals surface area contributed by atoms with Crippen molar-refractivity contribution in [2.24, 2.45) is 0 Å². The van der Waals surface area contributed by atoms with Crippen molar-refractivity contribution in [3.8, 4) is 11.5 Å². The SMILES string of the molecule is CCOc1cc2c(cc1NC(=O)c1ccc(CN3C(=O)CCC3=O)cc1)OC(C)C2. The van der Waals surface area contributed by atoms with E-state index in [1.165, 1.54) is 4.90 Å². The minimum absolute atomic E-state index is 0.0994. The molecule has 3 amide bonds. The summed E-state index contributed by atoms with van der Waals surface area (Å²) < 4.78 is 11.5. The van der Waals surface area contributed by atoms with Crippen molar-refractivity contribution < 1.29 is 23.9 Å². The third-order valence-electron chi connectivity index (χ3n) is 5.26. The van der Waals surface area contributed by atoms with Gasteiger partial charge in [0, 0.05) is 36.5 Å². The summed E-state index contributed by atoms with van der Waals surface area (Å²) in [7, 11) is 0. The van der Waals surface area contributed by atoms with Crippen LogP contribution in [0.25, 0.3) is 0 Å². The molecule has 2 aliphatic rings. The van der Waals surface area contributed by atoms with E-state index in [1.54, 1.807) is 30.3 Å². The highest BCUT2D eigenvalue weighted by molar-refractivity contribution is 6.05. The molecule has 0 aliphatic carbocycles. The molecular formula is C23H24N2O5. The number of carbonyl (C=O) groups excluding carboxylic acids is 3. The molecule has 1 saturated heterocycles. The van der Waals surface area contributed by atoms with Crippen molar-refractivity contribution in [2.75, 3.05) is 11.9 Å². The number of hydrogen-bond donors (Lipinski definition) is 1. The number of amides is 3. The molecule has 7 heteroatoms. The van der Waals surface area contributed by atoms with Crippen LogP contribution in [0.1, 0.15) is 48.2 Å². The number of carbonyl (C=O) groups is 3. The van der Waals surface area contributed by atoms with Crippen LogP contribution in [0, 0.1) is 0 Å². The Balaban J connectivity index is 1.48. The van der Waals surface area contributed by atoms with Crippen molar-refractivity contribution >= 4 is 23.4 Å². The molecule has 0 radical (unpaired) electrons. The molecule has 1 fully saturated rings. The summed E-state index contributed by atoms with van der Waals surface area (Å²) in [5, 5.41) is 2.90. The van der Waals surface area contributed by atoms with Crippen LogP contribution in [0.15, 0.2) is 36.4 Å². The number of benzene rings is 2. The second kappa shape index (κ2) is 8.18. The number of ether oxygens (including phenoxy) is 2. The first kappa shape index (κ1) is 19.9. The maximum absolute atomic E-state index is 12.8. The Hall–Kier alpha value is -3.35. The zero-order valence-electron chi connectivity index (χ0n) is 17.1. The fourth-order valence-electron chi connectivity index (χ4n) is 3.75. The Labute approximate surface area is 175 Å². The van der Waals surface area contributed by atoms with Gasteiger partial charge in [-0.15, -0.1) is 0 Å². The van der Waals surface area contributed by atoms with E-state index in [9.17, 15) is 14.4 Å². The minimum Gasteiger partial charge on any atom is -0.492 e. The maximum Gasteiger partial charge on any atom is 0.255 e. The molecule has 1 N–H and O–H groups in total. The molecule has 30 heavy (non-hydrogen) atoms. The zero-order valence-corrected chi connectivity index (χ0v) is 17.1. The van der Waals surface area contributed by atoms with Crippen LogP contribution in [0.5, 0.6) is 11.5 Å². The van der Waals surface area contributed by atoms with Crippen molar-refractivity contribution in [1.82, 2.24) is 4.90 Å². The van der Waals surface area contributed by atoms with Gasteiger partial charge in [-0.2, -0.15) is 0 Å². The van der Waals surface area contributed by atoms with Crippen molar-refractivity contribution in [1.29, 1.82) is 0 Å². The number of nitrogens with one attached hydrogen (secondary N) is 1. The van der Waals surface area contributed by atoms with Gasteiger partial charge in [-0.1, -0.05) is 12.1 Å². The number of fused-ring (bicyclic) bond motifs is 1. The molecule has 0 aromatic heterocycles. The smallest absolute Gasteiger partial charge is 0.255 e. The molecule has 2 aromatic carbocycles. The van der Waals surface area contributed by atoms with Gasteiger partial charge in [0.1, 0.15) is 17.6 Å². The third kappa shape index (κ3) is 4.01. The van der Waals surface area contributed by atoms with Gasteiger partial charge >= 0.3 is 0 Å². The molecule has 0 bridgehead atoms. The Morgan fingerprint density at radius 3 is 2.53 bits per heavy atom. The summed E-state index contributed by atoms with van der Waals surface area (Å²) in [4.78, 5) is 37.6. The standard InChI is InChI=1S/C23H24N2O5/c1-3-29-20-11-17-10-14(2)30-19(17)12-18(20)24-23(28)16-6-4-15(5-7-16)13-25-21(26)8-9-22(25)27/h4-7,11-12,14H,3,8-10,13H2,1-2H3,(H,24,28). The van der Waals surface area contributed by atoms with Gasteiger partial charge in [0.25, 0.3) is 5.91 Å². The largest absolute Gasteiger partial charge is 0.492 e. The van der Waals surface area contributed by atoms with Gasteiger partial charge in [-0.3, -0.25) is 19.3 Å². The molecule has 4 rings (SSSR count). The molecule has 2 aliphatic heterocycles. The number of likely N-dealkylation sites (tertiary alicyclic amines) is 1. The molecule has 2 heterocycles. The number of rotatable bonds is 6. The monoisotopic (exact) mass is 408 g/mol. The molecule has 1 unspecified atom stereocenters. The summed E-state index contributed by atoms with van der Waals surface area (Å²) in [6, 6.07) is 10.6. The summed E-state index contributed by atoms with van der Waals surface area (Å²) in [5.74, 6) is 0.792. The van der Waals surface area contributed by atoms with Crippen LogP contribution in [-0.4, -0.2) is 35.3 Å². The predicted molar refractivity (Wildman–Crippen MR) is 111 cm³/mol.